The second-order valence-corrected chi connectivity index (χ2v) is 8.14. The topological polar surface area (TPSA) is 56.8 Å². The SMILES string of the molecule is CCCCCCCCCCCCCCOC(=O)CCNc1ccc2c(c1)OCCO2. The van der Waals surface area contributed by atoms with Gasteiger partial charge in [0.1, 0.15) is 13.2 Å². The average molecular weight is 420 g/mol. The van der Waals surface area contributed by atoms with Crippen molar-refractivity contribution in [2.45, 2.75) is 90.4 Å². The summed E-state index contributed by atoms with van der Waals surface area (Å²) in [6.07, 6.45) is 16.1. The quantitative estimate of drug-likeness (QED) is 0.231. The van der Waals surface area contributed by atoms with Gasteiger partial charge in [0.15, 0.2) is 11.5 Å². The minimum absolute atomic E-state index is 0.136. The number of anilines is 1. The van der Waals surface area contributed by atoms with Crippen LogP contribution in [0.2, 0.25) is 0 Å². The number of carbonyl (C=O) groups is 1. The molecule has 0 radical (unpaired) electrons. The predicted molar refractivity (Wildman–Crippen MR) is 123 cm³/mol. The number of carbonyl (C=O) groups excluding carboxylic acids is 1. The maximum atomic E-state index is 11.9. The van der Waals surface area contributed by atoms with E-state index in [9.17, 15) is 4.79 Å². The molecule has 1 N–H and O–H groups in total. The Hall–Kier alpha value is -1.91. The molecule has 0 saturated carbocycles. The lowest BCUT2D eigenvalue weighted by atomic mass is 10.1. The van der Waals surface area contributed by atoms with E-state index in [2.05, 4.69) is 12.2 Å². The zero-order valence-electron chi connectivity index (χ0n) is 18.9. The molecule has 0 spiro atoms. The molecule has 1 heterocycles. The Morgan fingerprint density at radius 1 is 0.867 bits per heavy atom. The second kappa shape index (κ2) is 15.9. The first-order chi connectivity index (χ1) is 14.8. The van der Waals surface area contributed by atoms with Gasteiger partial charge in [0.25, 0.3) is 0 Å². The van der Waals surface area contributed by atoms with Crippen molar-refractivity contribution in [3.05, 3.63) is 18.2 Å². The van der Waals surface area contributed by atoms with Gasteiger partial charge in [-0.1, -0.05) is 77.6 Å². The van der Waals surface area contributed by atoms with Crippen LogP contribution in [-0.2, 0) is 9.53 Å². The maximum absolute atomic E-state index is 11.9. The summed E-state index contributed by atoms with van der Waals surface area (Å²) in [6, 6.07) is 5.74. The van der Waals surface area contributed by atoms with Crippen LogP contribution in [-0.4, -0.2) is 32.3 Å². The van der Waals surface area contributed by atoms with Crippen LogP contribution < -0.4 is 14.8 Å². The normalized spacial score (nSPS) is 12.6. The van der Waals surface area contributed by atoms with E-state index in [-0.39, 0.29) is 5.97 Å². The number of benzene rings is 1. The Bertz CT molecular complexity index is 591. The molecule has 0 atom stereocenters. The number of ether oxygens (including phenoxy) is 3. The smallest absolute Gasteiger partial charge is 0.307 e. The summed E-state index contributed by atoms with van der Waals surface area (Å²) >= 11 is 0. The summed E-state index contributed by atoms with van der Waals surface area (Å²) < 4.78 is 16.4. The number of nitrogens with one attached hydrogen (secondary N) is 1. The Labute approximate surface area is 182 Å². The first-order valence-corrected chi connectivity index (χ1v) is 12.1. The van der Waals surface area contributed by atoms with Gasteiger partial charge in [0, 0.05) is 18.3 Å². The fourth-order valence-corrected chi connectivity index (χ4v) is 3.66. The lowest BCUT2D eigenvalue weighted by Gasteiger charge is -2.19. The highest BCUT2D eigenvalue weighted by Gasteiger charge is 2.11. The molecule has 5 heteroatoms. The van der Waals surface area contributed by atoms with Crippen LogP contribution >= 0.6 is 0 Å². The van der Waals surface area contributed by atoms with Crippen LogP contribution in [0.1, 0.15) is 90.4 Å². The van der Waals surface area contributed by atoms with Crippen LogP contribution in [0.25, 0.3) is 0 Å². The minimum atomic E-state index is -0.136. The number of rotatable bonds is 17. The molecule has 30 heavy (non-hydrogen) atoms. The fourth-order valence-electron chi connectivity index (χ4n) is 3.66. The van der Waals surface area contributed by atoms with E-state index in [0.29, 0.717) is 32.8 Å². The monoisotopic (exact) mass is 419 g/mol. The first-order valence-electron chi connectivity index (χ1n) is 12.1. The molecule has 0 bridgehead atoms. The highest BCUT2D eigenvalue weighted by atomic mass is 16.6. The highest BCUT2D eigenvalue weighted by molar-refractivity contribution is 5.70. The van der Waals surface area contributed by atoms with Gasteiger partial charge in [-0.05, 0) is 18.6 Å². The molecule has 1 aromatic rings. The van der Waals surface area contributed by atoms with Crippen LogP contribution in [0.4, 0.5) is 5.69 Å². The summed E-state index contributed by atoms with van der Waals surface area (Å²) in [5.41, 5.74) is 0.924. The largest absolute Gasteiger partial charge is 0.486 e. The summed E-state index contributed by atoms with van der Waals surface area (Å²) in [5, 5.41) is 3.24. The van der Waals surface area contributed by atoms with Gasteiger partial charge >= 0.3 is 5.97 Å². The Balaban J connectivity index is 1.37. The molecule has 1 aliphatic rings. The fraction of sp³-hybridized carbons (Fsp3) is 0.720. The molecule has 0 unspecified atom stereocenters. The maximum Gasteiger partial charge on any atom is 0.307 e. The average Bonchev–Trinajstić information content (AvgIpc) is 2.77. The summed E-state index contributed by atoms with van der Waals surface area (Å²) in [4.78, 5) is 11.9. The molecular weight excluding hydrogens is 378 g/mol. The minimum Gasteiger partial charge on any atom is -0.486 e. The van der Waals surface area contributed by atoms with E-state index in [1.807, 2.05) is 18.2 Å². The van der Waals surface area contributed by atoms with Gasteiger partial charge in [-0.15, -0.1) is 0 Å². The Kier molecular flexibility index (Phi) is 12.9. The van der Waals surface area contributed by atoms with E-state index in [1.54, 1.807) is 0 Å². The number of fused-ring (bicyclic) bond motifs is 1. The van der Waals surface area contributed by atoms with Crippen LogP contribution in [0.5, 0.6) is 11.5 Å². The van der Waals surface area contributed by atoms with Crippen molar-refractivity contribution in [1.82, 2.24) is 0 Å². The van der Waals surface area contributed by atoms with E-state index in [1.165, 1.54) is 64.2 Å². The highest BCUT2D eigenvalue weighted by Crippen LogP contribution is 2.32. The van der Waals surface area contributed by atoms with Crippen molar-refractivity contribution in [1.29, 1.82) is 0 Å². The van der Waals surface area contributed by atoms with Crippen molar-refractivity contribution >= 4 is 11.7 Å². The number of hydrogen-bond donors (Lipinski definition) is 1. The standard InChI is InChI=1S/C25H41NO4/c1-2-3-4-5-6-7-8-9-10-11-12-13-18-30-25(27)16-17-26-22-14-15-23-24(21-22)29-20-19-28-23/h14-15,21,26H,2-13,16-20H2,1H3. The number of esters is 1. The Morgan fingerprint density at radius 2 is 1.47 bits per heavy atom. The van der Waals surface area contributed by atoms with E-state index >= 15 is 0 Å². The summed E-state index contributed by atoms with van der Waals surface area (Å²) in [7, 11) is 0. The third kappa shape index (κ3) is 10.7. The molecule has 0 aliphatic carbocycles. The zero-order valence-corrected chi connectivity index (χ0v) is 18.9. The molecule has 1 aromatic carbocycles. The van der Waals surface area contributed by atoms with Gasteiger partial charge in [-0.3, -0.25) is 4.79 Å². The van der Waals surface area contributed by atoms with Gasteiger partial charge in [-0.25, -0.2) is 0 Å². The van der Waals surface area contributed by atoms with Gasteiger partial charge < -0.3 is 19.5 Å². The van der Waals surface area contributed by atoms with Crippen LogP contribution in [0, 0.1) is 0 Å². The molecular formula is C25H41NO4. The van der Waals surface area contributed by atoms with Crippen LogP contribution in [0.3, 0.4) is 0 Å². The molecule has 1 aliphatic heterocycles. The Morgan fingerprint density at radius 3 is 2.13 bits per heavy atom. The molecule has 5 nitrogen and oxygen atoms in total. The predicted octanol–water partition coefficient (Wildman–Crippen LogP) is 6.50. The zero-order chi connectivity index (χ0) is 21.3. The lowest BCUT2D eigenvalue weighted by molar-refractivity contribution is -0.143. The van der Waals surface area contributed by atoms with Crippen molar-refractivity contribution < 1.29 is 19.0 Å². The summed E-state index contributed by atoms with van der Waals surface area (Å²) in [5.74, 6) is 1.39. The molecule has 2 rings (SSSR count). The number of unbranched alkanes of at least 4 members (excludes halogenated alkanes) is 11. The molecule has 0 amide bonds. The second-order valence-electron chi connectivity index (χ2n) is 8.14. The third-order valence-electron chi connectivity index (χ3n) is 5.46. The van der Waals surface area contributed by atoms with E-state index in [0.717, 1.165) is 30.0 Å². The molecule has 0 fully saturated rings. The summed E-state index contributed by atoms with van der Waals surface area (Å²) in [6.45, 7) is 4.52. The van der Waals surface area contributed by atoms with E-state index < -0.39 is 0 Å². The van der Waals surface area contributed by atoms with E-state index in [4.69, 9.17) is 14.2 Å². The van der Waals surface area contributed by atoms with Crippen LogP contribution in [0.15, 0.2) is 18.2 Å². The van der Waals surface area contributed by atoms with Gasteiger partial charge in [0.2, 0.25) is 0 Å². The molecule has 170 valence electrons. The van der Waals surface area contributed by atoms with Crippen molar-refractivity contribution in [2.75, 3.05) is 31.7 Å². The van der Waals surface area contributed by atoms with Crippen molar-refractivity contribution in [3.63, 3.8) is 0 Å². The van der Waals surface area contributed by atoms with Gasteiger partial charge in [-0.2, -0.15) is 0 Å². The third-order valence-corrected chi connectivity index (χ3v) is 5.46. The first kappa shape index (κ1) is 24.4. The molecule has 0 saturated heterocycles. The van der Waals surface area contributed by atoms with Crippen molar-refractivity contribution in [2.24, 2.45) is 0 Å². The number of hydrogen-bond acceptors (Lipinski definition) is 5. The molecule has 0 aromatic heterocycles. The van der Waals surface area contributed by atoms with Gasteiger partial charge in [0.05, 0.1) is 13.0 Å². The van der Waals surface area contributed by atoms with Crippen molar-refractivity contribution in [3.8, 4) is 11.5 Å². The lowest BCUT2D eigenvalue weighted by Crippen LogP contribution is -2.16.